The molecule has 1 aliphatic heterocycles. The van der Waals surface area contributed by atoms with Gasteiger partial charge in [-0.05, 0) is 30.7 Å². The summed E-state index contributed by atoms with van der Waals surface area (Å²) in [5, 5.41) is 13.5. The summed E-state index contributed by atoms with van der Waals surface area (Å²) in [6.45, 7) is 2.46. The van der Waals surface area contributed by atoms with Crippen LogP contribution in [-0.2, 0) is 0 Å². The molecule has 0 unspecified atom stereocenters. The third-order valence-electron chi connectivity index (χ3n) is 4.12. The van der Waals surface area contributed by atoms with E-state index in [2.05, 4.69) is 15.6 Å². The van der Waals surface area contributed by atoms with Crippen molar-refractivity contribution >= 4 is 17.6 Å². The van der Waals surface area contributed by atoms with Crippen LogP contribution in [0.4, 0.5) is 0 Å². The smallest absolute Gasteiger partial charge is 0.251 e. The average Bonchev–Trinajstić information content (AvgIpc) is 2.72. The Balaban J connectivity index is 1.47. The zero-order valence-corrected chi connectivity index (χ0v) is 15.0. The molecule has 1 amide bonds. The Labute approximate surface area is 158 Å². The van der Waals surface area contributed by atoms with Gasteiger partial charge < -0.3 is 21.1 Å². The molecule has 0 aromatic heterocycles. The molecule has 5 N–H and O–H groups in total. The molecule has 0 bridgehead atoms. The van der Waals surface area contributed by atoms with E-state index in [9.17, 15) is 4.79 Å². The summed E-state index contributed by atoms with van der Waals surface area (Å²) in [4.78, 5) is 16.7. The molecule has 1 heterocycles. The average molecular weight is 365 g/mol. The topological polar surface area (TPSA) is 113 Å². The molecular weight excluding hydrogens is 342 g/mol. The van der Waals surface area contributed by atoms with Crippen molar-refractivity contribution in [1.29, 1.82) is 5.41 Å². The zero-order valence-electron chi connectivity index (χ0n) is 15.0. The Hall–Kier alpha value is -3.35. The Morgan fingerprint density at radius 2 is 2.04 bits per heavy atom. The molecule has 0 aliphatic carbocycles. The number of hydrogen-bond acceptors (Lipinski definition) is 5. The lowest BCUT2D eigenvalue weighted by Crippen LogP contribution is -2.30. The Kier molecular flexibility index (Phi) is 6.04. The highest BCUT2D eigenvalue weighted by atomic mass is 16.5. The van der Waals surface area contributed by atoms with Crippen molar-refractivity contribution in [3.8, 4) is 5.75 Å². The van der Waals surface area contributed by atoms with E-state index in [-0.39, 0.29) is 11.7 Å². The van der Waals surface area contributed by atoms with E-state index in [1.54, 1.807) is 36.4 Å². The first-order chi connectivity index (χ1) is 13.1. The van der Waals surface area contributed by atoms with Gasteiger partial charge in [-0.2, -0.15) is 0 Å². The van der Waals surface area contributed by atoms with Crippen molar-refractivity contribution < 1.29 is 9.53 Å². The number of benzene rings is 2. The third-order valence-corrected chi connectivity index (χ3v) is 4.12. The summed E-state index contributed by atoms with van der Waals surface area (Å²) < 4.78 is 5.59. The number of hydrogen-bond donors (Lipinski definition) is 4. The normalized spacial score (nSPS) is 13.3. The molecule has 0 fully saturated rings. The van der Waals surface area contributed by atoms with Gasteiger partial charge in [0.25, 0.3) is 5.91 Å². The van der Waals surface area contributed by atoms with Gasteiger partial charge in [0.05, 0.1) is 6.54 Å². The van der Waals surface area contributed by atoms with Gasteiger partial charge >= 0.3 is 0 Å². The van der Waals surface area contributed by atoms with E-state index in [4.69, 9.17) is 15.9 Å². The van der Waals surface area contributed by atoms with Crippen molar-refractivity contribution in [2.75, 3.05) is 26.2 Å². The molecule has 7 heteroatoms. The van der Waals surface area contributed by atoms with Crippen LogP contribution < -0.4 is 21.1 Å². The van der Waals surface area contributed by atoms with Gasteiger partial charge in [-0.3, -0.25) is 15.2 Å². The van der Waals surface area contributed by atoms with Crippen molar-refractivity contribution in [3.63, 3.8) is 0 Å². The molecule has 0 radical (unpaired) electrons. The van der Waals surface area contributed by atoms with Crippen LogP contribution in [0.15, 0.2) is 53.5 Å². The molecular formula is C20H23N5O2. The minimum absolute atomic E-state index is 0.00779. The summed E-state index contributed by atoms with van der Waals surface area (Å²) in [5.74, 6) is 1.34. The van der Waals surface area contributed by atoms with Crippen LogP contribution in [0.25, 0.3) is 0 Å². The van der Waals surface area contributed by atoms with Crippen molar-refractivity contribution in [2.24, 2.45) is 10.7 Å². The number of aliphatic imine (C=N–C) groups is 1. The molecule has 0 spiro atoms. The zero-order chi connectivity index (χ0) is 19.1. The van der Waals surface area contributed by atoms with Crippen molar-refractivity contribution in [1.82, 2.24) is 10.6 Å². The Bertz CT molecular complexity index is 846. The fraction of sp³-hybridized carbons (Fsp3) is 0.250. The number of nitrogens with two attached hydrogens (primary N) is 1. The van der Waals surface area contributed by atoms with E-state index in [1.807, 2.05) is 12.1 Å². The van der Waals surface area contributed by atoms with Crippen LogP contribution in [0.3, 0.4) is 0 Å². The summed E-state index contributed by atoms with van der Waals surface area (Å²) in [6, 6.07) is 14.4. The summed E-state index contributed by atoms with van der Waals surface area (Å²) in [5.41, 5.74) is 7.64. The number of nitrogen functional groups attached to an aromatic ring is 1. The number of carbonyl (C=O) groups is 1. The predicted molar refractivity (Wildman–Crippen MR) is 106 cm³/mol. The van der Waals surface area contributed by atoms with Crippen LogP contribution >= 0.6 is 0 Å². The molecule has 0 saturated carbocycles. The molecule has 2 aromatic rings. The summed E-state index contributed by atoms with van der Waals surface area (Å²) in [7, 11) is 0. The molecule has 140 valence electrons. The minimum atomic E-state index is -0.152. The number of rotatable bonds is 7. The second kappa shape index (κ2) is 8.84. The van der Waals surface area contributed by atoms with Gasteiger partial charge in [0.2, 0.25) is 0 Å². The first-order valence-corrected chi connectivity index (χ1v) is 8.88. The SMILES string of the molecule is N=C(N)c1cccc(OCCNC(=O)c2ccc(C3=NCCCN3)cc2)c1. The quantitative estimate of drug-likeness (QED) is 0.338. The van der Waals surface area contributed by atoms with Gasteiger partial charge in [0.1, 0.15) is 24.0 Å². The Morgan fingerprint density at radius 1 is 1.22 bits per heavy atom. The fourth-order valence-electron chi connectivity index (χ4n) is 2.69. The number of carbonyl (C=O) groups excluding carboxylic acids is 1. The van der Waals surface area contributed by atoms with E-state index >= 15 is 0 Å². The van der Waals surface area contributed by atoms with E-state index in [1.165, 1.54) is 0 Å². The van der Waals surface area contributed by atoms with Crippen LogP contribution in [-0.4, -0.2) is 43.8 Å². The van der Waals surface area contributed by atoms with Gasteiger partial charge in [0, 0.05) is 29.8 Å². The van der Waals surface area contributed by atoms with E-state index in [0.29, 0.717) is 30.0 Å². The summed E-state index contributed by atoms with van der Waals surface area (Å²) in [6.07, 6.45) is 1.05. The van der Waals surface area contributed by atoms with Gasteiger partial charge in [0.15, 0.2) is 0 Å². The summed E-state index contributed by atoms with van der Waals surface area (Å²) >= 11 is 0. The van der Waals surface area contributed by atoms with Crippen LogP contribution in [0.5, 0.6) is 5.75 Å². The standard InChI is InChI=1S/C20H23N5O2/c21-18(22)16-3-1-4-17(13-16)27-12-11-25-20(26)15-7-5-14(6-8-15)19-23-9-2-10-24-19/h1,3-8,13H,2,9-12H2,(H3,21,22)(H,23,24)(H,25,26). The van der Waals surface area contributed by atoms with E-state index in [0.717, 1.165) is 30.9 Å². The highest BCUT2D eigenvalue weighted by Crippen LogP contribution is 2.12. The maximum atomic E-state index is 12.2. The molecule has 3 rings (SSSR count). The van der Waals surface area contributed by atoms with Gasteiger partial charge in [-0.1, -0.05) is 24.3 Å². The van der Waals surface area contributed by atoms with E-state index < -0.39 is 0 Å². The predicted octanol–water partition coefficient (Wildman–Crippen LogP) is 1.52. The number of amides is 1. The second-order valence-electron chi connectivity index (χ2n) is 6.13. The van der Waals surface area contributed by atoms with Gasteiger partial charge in [-0.25, -0.2) is 0 Å². The van der Waals surface area contributed by atoms with Crippen LogP contribution in [0.2, 0.25) is 0 Å². The highest BCUT2D eigenvalue weighted by molar-refractivity contribution is 6.00. The lowest BCUT2D eigenvalue weighted by molar-refractivity contribution is 0.0947. The van der Waals surface area contributed by atoms with Crippen molar-refractivity contribution in [2.45, 2.75) is 6.42 Å². The van der Waals surface area contributed by atoms with Crippen molar-refractivity contribution in [3.05, 3.63) is 65.2 Å². The fourth-order valence-corrected chi connectivity index (χ4v) is 2.69. The molecule has 1 aliphatic rings. The number of ether oxygens (including phenoxy) is 1. The first-order valence-electron chi connectivity index (χ1n) is 8.88. The lowest BCUT2D eigenvalue weighted by Gasteiger charge is -2.14. The first kappa shape index (κ1) is 18.4. The molecule has 2 aromatic carbocycles. The third kappa shape index (κ3) is 5.07. The van der Waals surface area contributed by atoms with Crippen LogP contribution in [0.1, 0.15) is 27.9 Å². The molecule has 27 heavy (non-hydrogen) atoms. The monoisotopic (exact) mass is 365 g/mol. The second-order valence-corrected chi connectivity index (χ2v) is 6.13. The number of amidine groups is 2. The number of nitrogens with one attached hydrogen (secondary N) is 3. The number of nitrogens with zero attached hydrogens (tertiary/aromatic N) is 1. The van der Waals surface area contributed by atoms with Crippen LogP contribution in [0, 0.1) is 5.41 Å². The highest BCUT2D eigenvalue weighted by Gasteiger charge is 2.09. The maximum Gasteiger partial charge on any atom is 0.251 e. The molecule has 0 atom stereocenters. The molecule has 0 saturated heterocycles. The molecule has 7 nitrogen and oxygen atoms in total. The van der Waals surface area contributed by atoms with Gasteiger partial charge in [-0.15, -0.1) is 0 Å². The largest absolute Gasteiger partial charge is 0.492 e. The lowest BCUT2D eigenvalue weighted by atomic mass is 10.1. The maximum absolute atomic E-state index is 12.2. The minimum Gasteiger partial charge on any atom is -0.492 e. The Morgan fingerprint density at radius 3 is 2.74 bits per heavy atom.